The minimum absolute atomic E-state index is 0.0624. The summed E-state index contributed by atoms with van der Waals surface area (Å²) in [6.07, 6.45) is 1.60. The van der Waals surface area contributed by atoms with Crippen LogP contribution in [0.3, 0.4) is 0 Å². The zero-order chi connectivity index (χ0) is 19.1. The summed E-state index contributed by atoms with van der Waals surface area (Å²) in [7, 11) is 0. The van der Waals surface area contributed by atoms with Gasteiger partial charge in [-0.1, -0.05) is 41.6 Å². The molecule has 1 aliphatic heterocycles. The van der Waals surface area contributed by atoms with Crippen LogP contribution in [0.2, 0.25) is 5.02 Å². The first-order valence-corrected chi connectivity index (χ1v) is 9.69. The number of ether oxygens (including phenoxy) is 2. The highest BCUT2D eigenvalue weighted by Crippen LogP contribution is 2.29. The Morgan fingerprint density at radius 2 is 2.07 bits per heavy atom. The van der Waals surface area contributed by atoms with Crippen molar-refractivity contribution in [3.05, 3.63) is 58.6 Å². The Morgan fingerprint density at radius 3 is 2.81 bits per heavy atom. The van der Waals surface area contributed by atoms with Gasteiger partial charge in [-0.25, -0.2) is 0 Å². The van der Waals surface area contributed by atoms with Gasteiger partial charge < -0.3 is 14.8 Å². The first kappa shape index (κ1) is 19.3. The zero-order valence-electron chi connectivity index (χ0n) is 14.6. The van der Waals surface area contributed by atoms with E-state index in [1.807, 2.05) is 49.4 Å². The molecule has 27 heavy (non-hydrogen) atoms. The van der Waals surface area contributed by atoms with Gasteiger partial charge in [0, 0.05) is 10.6 Å². The van der Waals surface area contributed by atoms with Crippen molar-refractivity contribution in [3.63, 3.8) is 0 Å². The molecule has 2 aromatic rings. The summed E-state index contributed by atoms with van der Waals surface area (Å²) in [5.41, 5.74) is 1.71. The molecule has 3 rings (SSSR count). The van der Waals surface area contributed by atoms with Crippen LogP contribution in [0, 0.1) is 0 Å². The monoisotopic (exact) mass is 403 g/mol. The molecule has 1 aliphatic rings. The van der Waals surface area contributed by atoms with Gasteiger partial charge in [0.25, 0.3) is 0 Å². The molecule has 8 heteroatoms. The van der Waals surface area contributed by atoms with Gasteiger partial charge in [-0.15, -0.1) is 5.10 Å². The molecule has 1 amide bonds. The number of hydrogen-bond donors (Lipinski definition) is 1. The lowest BCUT2D eigenvalue weighted by molar-refractivity contribution is -0.116. The minimum atomic E-state index is -0.0624. The van der Waals surface area contributed by atoms with Gasteiger partial charge in [-0.2, -0.15) is 5.10 Å². The van der Waals surface area contributed by atoms with E-state index >= 15 is 0 Å². The van der Waals surface area contributed by atoms with Gasteiger partial charge in [0.05, 0.1) is 18.6 Å². The second-order valence-corrected chi connectivity index (χ2v) is 6.88. The molecule has 140 valence electrons. The number of amides is 1. The predicted molar refractivity (Wildman–Crippen MR) is 109 cm³/mol. The van der Waals surface area contributed by atoms with E-state index < -0.39 is 0 Å². The number of carbonyl (C=O) groups is 1. The SMILES string of the molecule is CCOc1cc(C=NN=C2NC(=O)CS2)ccc1OCc1ccccc1Cl. The third kappa shape index (κ3) is 5.48. The van der Waals surface area contributed by atoms with Gasteiger partial charge in [0.1, 0.15) is 6.61 Å². The second kappa shape index (κ2) is 9.43. The molecule has 6 nitrogen and oxygen atoms in total. The van der Waals surface area contributed by atoms with Crippen LogP contribution >= 0.6 is 23.4 Å². The standard InChI is InChI=1S/C19H18ClN3O3S/c1-2-25-17-9-13(10-21-23-19-22-18(24)12-27-19)7-8-16(17)26-11-14-5-3-4-6-15(14)20/h3-10H,2,11-12H2,1H3,(H,22,23,24). The van der Waals surface area contributed by atoms with Crippen LogP contribution in [0.5, 0.6) is 11.5 Å². The van der Waals surface area contributed by atoms with Crippen LogP contribution in [0.25, 0.3) is 0 Å². The highest BCUT2D eigenvalue weighted by molar-refractivity contribution is 8.15. The first-order chi connectivity index (χ1) is 13.2. The normalized spacial score (nSPS) is 15.3. The highest BCUT2D eigenvalue weighted by atomic mass is 35.5. The molecule has 0 aromatic heterocycles. The fourth-order valence-electron chi connectivity index (χ4n) is 2.29. The number of nitrogens with zero attached hydrogens (tertiary/aromatic N) is 2. The van der Waals surface area contributed by atoms with E-state index in [1.165, 1.54) is 11.8 Å². The predicted octanol–water partition coefficient (Wildman–Crippen LogP) is 3.87. The molecule has 1 heterocycles. The second-order valence-electron chi connectivity index (χ2n) is 5.51. The van der Waals surface area contributed by atoms with Gasteiger partial charge in [0.2, 0.25) is 5.91 Å². The Balaban J connectivity index is 1.70. The fraction of sp³-hybridized carbons (Fsp3) is 0.211. The Morgan fingerprint density at radius 1 is 1.22 bits per heavy atom. The molecule has 0 bridgehead atoms. The quantitative estimate of drug-likeness (QED) is 0.562. The smallest absolute Gasteiger partial charge is 0.236 e. The van der Waals surface area contributed by atoms with Gasteiger partial charge in [0.15, 0.2) is 16.7 Å². The average Bonchev–Trinajstić information content (AvgIpc) is 3.08. The maximum absolute atomic E-state index is 11.1. The molecule has 0 atom stereocenters. The molecule has 0 aliphatic carbocycles. The summed E-state index contributed by atoms with van der Waals surface area (Å²) >= 11 is 7.49. The fourth-order valence-corrected chi connectivity index (χ4v) is 3.11. The number of hydrogen-bond acceptors (Lipinski definition) is 6. The number of halogens is 1. The number of nitrogens with one attached hydrogen (secondary N) is 1. The Labute approximate surface area is 166 Å². The molecular weight excluding hydrogens is 386 g/mol. The molecule has 1 fully saturated rings. The van der Waals surface area contributed by atoms with E-state index in [0.717, 1.165) is 11.1 Å². The lowest BCUT2D eigenvalue weighted by Gasteiger charge is -2.13. The van der Waals surface area contributed by atoms with E-state index in [1.54, 1.807) is 6.21 Å². The largest absolute Gasteiger partial charge is 0.490 e. The molecule has 0 spiro atoms. The van der Waals surface area contributed by atoms with Crippen LogP contribution in [-0.4, -0.2) is 29.6 Å². The summed E-state index contributed by atoms with van der Waals surface area (Å²) < 4.78 is 11.6. The van der Waals surface area contributed by atoms with E-state index in [-0.39, 0.29) is 5.91 Å². The molecule has 0 unspecified atom stereocenters. The van der Waals surface area contributed by atoms with Crippen molar-refractivity contribution in [2.24, 2.45) is 10.2 Å². The summed E-state index contributed by atoms with van der Waals surface area (Å²) in [6, 6.07) is 13.1. The van der Waals surface area contributed by atoms with E-state index in [9.17, 15) is 4.79 Å². The molecule has 1 N–H and O–H groups in total. The van der Waals surface area contributed by atoms with Crippen molar-refractivity contribution in [1.29, 1.82) is 0 Å². The van der Waals surface area contributed by atoms with E-state index in [0.29, 0.717) is 40.7 Å². The molecule has 1 saturated heterocycles. The van der Waals surface area contributed by atoms with Crippen molar-refractivity contribution in [3.8, 4) is 11.5 Å². The van der Waals surface area contributed by atoms with Crippen molar-refractivity contribution >= 4 is 40.7 Å². The maximum atomic E-state index is 11.1. The van der Waals surface area contributed by atoms with E-state index in [2.05, 4.69) is 15.5 Å². The Hall–Kier alpha value is -2.51. The van der Waals surface area contributed by atoms with Crippen LogP contribution in [0.1, 0.15) is 18.1 Å². The zero-order valence-corrected chi connectivity index (χ0v) is 16.2. The third-order valence-electron chi connectivity index (χ3n) is 3.55. The lowest BCUT2D eigenvalue weighted by Crippen LogP contribution is -2.19. The number of benzene rings is 2. The molecule has 2 aromatic carbocycles. The number of carbonyl (C=O) groups excluding carboxylic acids is 1. The van der Waals surface area contributed by atoms with Gasteiger partial charge >= 0.3 is 0 Å². The van der Waals surface area contributed by atoms with Gasteiger partial charge in [-0.05, 0) is 36.8 Å². The lowest BCUT2D eigenvalue weighted by atomic mass is 10.2. The van der Waals surface area contributed by atoms with Crippen molar-refractivity contribution in [1.82, 2.24) is 5.32 Å². The summed E-state index contributed by atoms with van der Waals surface area (Å²) in [5, 5.41) is 11.8. The summed E-state index contributed by atoms with van der Waals surface area (Å²) in [4.78, 5) is 11.1. The van der Waals surface area contributed by atoms with Crippen LogP contribution < -0.4 is 14.8 Å². The molecule has 0 saturated carbocycles. The maximum Gasteiger partial charge on any atom is 0.236 e. The highest BCUT2D eigenvalue weighted by Gasteiger charge is 2.16. The average molecular weight is 404 g/mol. The van der Waals surface area contributed by atoms with Crippen LogP contribution in [0.15, 0.2) is 52.7 Å². The molecule has 0 radical (unpaired) electrons. The number of thioether (sulfide) groups is 1. The van der Waals surface area contributed by atoms with Crippen LogP contribution in [-0.2, 0) is 11.4 Å². The number of rotatable bonds is 7. The van der Waals surface area contributed by atoms with Crippen molar-refractivity contribution < 1.29 is 14.3 Å². The topological polar surface area (TPSA) is 72.3 Å². The van der Waals surface area contributed by atoms with E-state index in [4.69, 9.17) is 21.1 Å². The first-order valence-electron chi connectivity index (χ1n) is 8.32. The van der Waals surface area contributed by atoms with Crippen molar-refractivity contribution in [2.45, 2.75) is 13.5 Å². The third-order valence-corrected chi connectivity index (χ3v) is 4.78. The summed E-state index contributed by atoms with van der Waals surface area (Å²) in [5.74, 6) is 1.55. The Kier molecular flexibility index (Phi) is 6.73. The van der Waals surface area contributed by atoms with Crippen LogP contribution in [0.4, 0.5) is 0 Å². The van der Waals surface area contributed by atoms with Gasteiger partial charge in [-0.3, -0.25) is 4.79 Å². The molecular formula is C19H18ClN3O3S. The van der Waals surface area contributed by atoms with Crippen molar-refractivity contribution in [2.75, 3.05) is 12.4 Å². The summed E-state index contributed by atoms with van der Waals surface area (Å²) in [6.45, 7) is 2.76. The number of amidine groups is 1. The minimum Gasteiger partial charge on any atom is -0.490 e. The Bertz CT molecular complexity index is 886.